The minimum atomic E-state index is -0.243. The van der Waals surface area contributed by atoms with E-state index in [-0.39, 0.29) is 6.67 Å². The van der Waals surface area contributed by atoms with Crippen LogP contribution in [0.3, 0.4) is 0 Å². The third-order valence-corrected chi connectivity index (χ3v) is 2.35. The van der Waals surface area contributed by atoms with Gasteiger partial charge < -0.3 is 10.6 Å². The number of halogens is 1. The van der Waals surface area contributed by atoms with Crippen molar-refractivity contribution in [3.05, 3.63) is 35.4 Å². The second kappa shape index (κ2) is 6.53. The van der Waals surface area contributed by atoms with Crippen molar-refractivity contribution in [1.82, 2.24) is 4.90 Å². The first kappa shape index (κ1) is 12.1. The fourth-order valence-electron chi connectivity index (χ4n) is 1.58. The topological polar surface area (TPSA) is 29.3 Å². The maximum atomic E-state index is 12.0. The molecule has 0 aromatic heterocycles. The summed E-state index contributed by atoms with van der Waals surface area (Å²) in [6.07, 6.45) is 0.604. The van der Waals surface area contributed by atoms with Crippen LogP contribution in [-0.2, 0) is 13.1 Å². The monoisotopic (exact) mass is 210 g/mol. The summed E-state index contributed by atoms with van der Waals surface area (Å²) in [5.41, 5.74) is 7.95. The maximum absolute atomic E-state index is 12.0. The SMILES string of the molecule is CN(CCCF)Cc1cccc(CN)c1. The van der Waals surface area contributed by atoms with Gasteiger partial charge in [0.1, 0.15) is 0 Å². The molecule has 15 heavy (non-hydrogen) atoms. The van der Waals surface area contributed by atoms with E-state index in [0.717, 1.165) is 18.7 Å². The summed E-state index contributed by atoms with van der Waals surface area (Å²) in [4.78, 5) is 2.12. The van der Waals surface area contributed by atoms with Gasteiger partial charge in [0.25, 0.3) is 0 Å². The number of alkyl halides is 1. The van der Waals surface area contributed by atoms with Gasteiger partial charge in [0.15, 0.2) is 0 Å². The van der Waals surface area contributed by atoms with Crippen molar-refractivity contribution in [1.29, 1.82) is 0 Å². The van der Waals surface area contributed by atoms with Gasteiger partial charge in [0.2, 0.25) is 0 Å². The van der Waals surface area contributed by atoms with Crippen molar-refractivity contribution < 1.29 is 4.39 Å². The smallest absolute Gasteiger partial charge is 0.0906 e. The summed E-state index contributed by atoms with van der Waals surface area (Å²) < 4.78 is 12.0. The highest BCUT2D eigenvalue weighted by atomic mass is 19.1. The van der Waals surface area contributed by atoms with Crippen LogP contribution >= 0.6 is 0 Å². The molecule has 0 atom stereocenters. The lowest BCUT2D eigenvalue weighted by molar-refractivity contribution is 0.303. The average molecular weight is 210 g/mol. The third kappa shape index (κ3) is 4.40. The van der Waals surface area contributed by atoms with Crippen LogP contribution in [0.1, 0.15) is 17.5 Å². The molecule has 3 heteroatoms. The fraction of sp³-hybridized carbons (Fsp3) is 0.500. The van der Waals surface area contributed by atoms with Crippen LogP contribution in [0.5, 0.6) is 0 Å². The van der Waals surface area contributed by atoms with E-state index in [1.54, 1.807) is 0 Å². The molecule has 0 aliphatic carbocycles. The van der Waals surface area contributed by atoms with Crippen LogP contribution in [-0.4, -0.2) is 25.2 Å². The van der Waals surface area contributed by atoms with Gasteiger partial charge in [-0.2, -0.15) is 0 Å². The van der Waals surface area contributed by atoms with Gasteiger partial charge in [-0.3, -0.25) is 4.39 Å². The predicted molar refractivity (Wildman–Crippen MR) is 61.3 cm³/mol. The lowest BCUT2D eigenvalue weighted by Gasteiger charge is -2.16. The first-order valence-electron chi connectivity index (χ1n) is 5.28. The lowest BCUT2D eigenvalue weighted by atomic mass is 10.1. The van der Waals surface area contributed by atoms with Crippen LogP contribution in [0.25, 0.3) is 0 Å². The largest absolute Gasteiger partial charge is 0.326 e. The highest BCUT2D eigenvalue weighted by Crippen LogP contribution is 2.07. The molecule has 1 aromatic carbocycles. The van der Waals surface area contributed by atoms with Gasteiger partial charge in [0, 0.05) is 19.6 Å². The van der Waals surface area contributed by atoms with E-state index in [2.05, 4.69) is 17.0 Å². The number of rotatable bonds is 6. The zero-order valence-electron chi connectivity index (χ0n) is 9.25. The van der Waals surface area contributed by atoms with Crippen molar-refractivity contribution in [2.24, 2.45) is 5.73 Å². The molecular formula is C12H19FN2. The quantitative estimate of drug-likeness (QED) is 0.777. The molecule has 0 bridgehead atoms. The van der Waals surface area contributed by atoms with E-state index in [1.165, 1.54) is 5.56 Å². The molecule has 0 amide bonds. The van der Waals surface area contributed by atoms with Crippen LogP contribution in [0.2, 0.25) is 0 Å². The molecule has 0 spiro atoms. The van der Waals surface area contributed by atoms with Crippen molar-refractivity contribution in [3.63, 3.8) is 0 Å². The van der Waals surface area contributed by atoms with Crippen LogP contribution in [0, 0.1) is 0 Å². The molecule has 2 N–H and O–H groups in total. The molecule has 84 valence electrons. The van der Waals surface area contributed by atoms with Crippen molar-refractivity contribution >= 4 is 0 Å². The standard InChI is InChI=1S/C12H19FN2/c1-15(7-3-6-13)10-12-5-2-4-11(8-12)9-14/h2,4-5,8H,3,6-7,9-10,14H2,1H3. The molecule has 0 aliphatic heterocycles. The van der Waals surface area contributed by atoms with E-state index >= 15 is 0 Å². The van der Waals surface area contributed by atoms with Crippen molar-refractivity contribution in [2.75, 3.05) is 20.3 Å². The summed E-state index contributed by atoms with van der Waals surface area (Å²) >= 11 is 0. The van der Waals surface area contributed by atoms with Crippen LogP contribution < -0.4 is 5.73 Å². The minimum Gasteiger partial charge on any atom is -0.326 e. The number of nitrogens with two attached hydrogens (primary N) is 1. The fourth-order valence-corrected chi connectivity index (χ4v) is 1.58. The second-order valence-electron chi connectivity index (χ2n) is 3.80. The Balaban J connectivity index is 2.48. The molecular weight excluding hydrogens is 191 g/mol. The first-order valence-corrected chi connectivity index (χ1v) is 5.28. The highest BCUT2D eigenvalue weighted by Gasteiger charge is 2.00. The summed E-state index contributed by atoms with van der Waals surface area (Å²) in [5, 5.41) is 0. The zero-order valence-corrected chi connectivity index (χ0v) is 9.25. The summed E-state index contributed by atoms with van der Waals surface area (Å²) in [6.45, 7) is 1.98. The Hall–Kier alpha value is -0.930. The normalized spacial score (nSPS) is 10.9. The molecule has 0 radical (unpaired) electrons. The molecule has 2 nitrogen and oxygen atoms in total. The summed E-state index contributed by atoms with van der Waals surface area (Å²) in [7, 11) is 2.00. The van der Waals surface area contributed by atoms with Gasteiger partial charge >= 0.3 is 0 Å². The van der Waals surface area contributed by atoms with E-state index in [9.17, 15) is 4.39 Å². The molecule has 0 saturated carbocycles. The number of hydrogen-bond donors (Lipinski definition) is 1. The molecule has 1 rings (SSSR count). The van der Waals surface area contributed by atoms with E-state index < -0.39 is 0 Å². The molecule has 0 unspecified atom stereocenters. The van der Waals surface area contributed by atoms with Crippen LogP contribution in [0.15, 0.2) is 24.3 Å². The summed E-state index contributed by atoms with van der Waals surface area (Å²) in [6, 6.07) is 8.21. The highest BCUT2D eigenvalue weighted by molar-refractivity contribution is 5.23. The zero-order chi connectivity index (χ0) is 11.1. The van der Waals surface area contributed by atoms with Gasteiger partial charge in [0.05, 0.1) is 6.67 Å². The Morgan fingerprint density at radius 3 is 2.73 bits per heavy atom. The van der Waals surface area contributed by atoms with Crippen molar-refractivity contribution in [2.45, 2.75) is 19.5 Å². The number of nitrogens with zero attached hydrogens (tertiary/aromatic N) is 1. The summed E-state index contributed by atoms with van der Waals surface area (Å²) in [5.74, 6) is 0. The Morgan fingerprint density at radius 2 is 2.07 bits per heavy atom. The molecule has 0 heterocycles. The van der Waals surface area contributed by atoms with E-state index in [1.807, 2.05) is 19.2 Å². The molecule has 0 aliphatic rings. The Labute approximate surface area is 90.9 Å². The van der Waals surface area contributed by atoms with Gasteiger partial charge in [-0.05, 0) is 24.6 Å². The van der Waals surface area contributed by atoms with E-state index in [0.29, 0.717) is 13.0 Å². The first-order chi connectivity index (χ1) is 7.26. The average Bonchev–Trinajstić information content (AvgIpc) is 2.26. The lowest BCUT2D eigenvalue weighted by Crippen LogP contribution is -2.19. The molecule has 1 aromatic rings. The van der Waals surface area contributed by atoms with Gasteiger partial charge in [-0.1, -0.05) is 24.3 Å². The van der Waals surface area contributed by atoms with E-state index in [4.69, 9.17) is 5.73 Å². The number of benzene rings is 1. The molecule has 0 saturated heterocycles. The minimum absolute atomic E-state index is 0.243. The van der Waals surface area contributed by atoms with Gasteiger partial charge in [-0.15, -0.1) is 0 Å². The Kier molecular flexibility index (Phi) is 5.29. The Bertz CT molecular complexity index is 289. The van der Waals surface area contributed by atoms with Gasteiger partial charge in [-0.25, -0.2) is 0 Å². The number of hydrogen-bond acceptors (Lipinski definition) is 2. The van der Waals surface area contributed by atoms with Crippen molar-refractivity contribution in [3.8, 4) is 0 Å². The van der Waals surface area contributed by atoms with Crippen LogP contribution in [0.4, 0.5) is 4.39 Å². The third-order valence-electron chi connectivity index (χ3n) is 2.35. The predicted octanol–water partition coefficient (Wildman–Crippen LogP) is 1.94. The maximum Gasteiger partial charge on any atom is 0.0906 e. The molecule has 0 fully saturated rings. The second-order valence-corrected chi connectivity index (χ2v) is 3.80. The Morgan fingerprint density at radius 1 is 1.33 bits per heavy atom.